The molecule has 1 aromatic carbocycles. The maximum atomic E-state index is 3.87. The van der Waals surface area contributed by atoms with Crippen LogP contribution >= 0.6 is 0 Å². The second-order valence-electron chi connectivity index (χ2n) is 4.58. The van der Waals surface area contributed by atoms with Crippen molar-refractivity contribution in [1.82, 2.24) is 4.98 Å². The molecule has 0 aliphatic carbocycles. The van der Waals surface area contributed by atoms with Crippen LogP contribution in [-0.2, 0) is 12.8 Å². The van der Waals surface area contributed by atoms with Crippen molar-refractivity contribution in [1.29, 1.82) is 0 Å². The summed E-state index contributed by atoms with van der Waals surface area (Å²) in [5, 5.41) is 1.36. The molecule has 2 rings (SSSR count). The topological polar surface area (TPSA) is 15.8 Å². The minimum atomic E-state index is 0.964. The summed E-state index contributed by atoms with van der Waals surface area (Å²) in [5.41, 5.74) is 4.10. The molecule has 17 heavy (non-hydrogen) atoms. The standard InChI is InChI=1S/C16H21N/c1-3-5-6-11-15-13(9-4-2)14-10-7-8-12-16(14)17-15/h4,7-8,10,12,17H,2-3,5-6,9,11H2,1H3. The number of aromatic nitrogens is 1. The van der Waals surface area contributed by atoms with Crippen molar-refractivity contribution in [3.05, 3.63) is 48.2 Å². The van der Waals surface area contributed by atoms with E-state index in [0.717, 1.165) is 12.8 Å². The Morgan fingerprint density at radius 2 is 2.06 bits per heavy atom. The first-order chi connectivity index (χ1) is 8.36. The normalized spacial score (nSPS) is 10.9. The van der Waals surface area contributed by atoms with Crippen molar-refractivity contribution >= 4 is 10.9 Å². The third-order valence-electron chi connectivity index (χ3n) is 3.28. The lowest BCUT2D eigenvalue weighted by Crippen LogP contribution is -1.91. The van der Waals surface area contributed by atoms with Crippen LogP contribution in [0.25, 0.3) is 10.9 Å². The van der Waals surface area contributed by atoms with Crippen LogP contribution in [0.3, 0.4) is 0 Å². The highest BCUT2D eigenvalue weighted by molar-refractivity contribution is 5.84. The number of allylic oxidation sites excluding steroid dienone is 1. The number of rotatable bonds is 6. The van der Waals surface area contributed by atoms with E-state index >= 15 is 0 Å². The van der Waals surface area contributed by atoms with Gasteiger partial charge in [-0.2, -0.15) is 0 Å². The fourth-order valence-corrected chi connectivity index (χ4v) is 2.40. The number of nitrogens with one attached hydrogen (secondary N) is 1. The number of H-pyrrole nitrogens is 1. The molecule has 0 aliphatic heterocycles. The first-order valence-corrected chi connectivity index (χ1v) is 6.56. The molecule has 90 valence electrons. The molecule has 1 heterocycles. The van der Waals surface area contributed by atoms with Gasteiger partial charge in [0.1, 0.15) is 0 Å². The molecule has 0 bridgehead atoms. The summed E-state index contributed by atoms with van der Waals surface area (Å²) < 4.78 is 0. The van der Waals surface area contributed by atoms with E-state index in [-0.39, 0.29) is 0 Å². The van der Waals surface area contributed by atoms with Gasteiger partial charge >= 0.3 is 0 Å². The van der Waals surface area contributed by atoms with Crippen LogP contribution in [0, 0.1) is 0 Å². The molecule has 0 atom stereocenters. The van der Waals surface area contributed by atoms with Gasteiger partial charge in [-0.1, -0.05) is 44.0 Å². The first kappa shape index (κ1) is 12.0. The van der Waals surface area contributed by atoms with E-state index < -0.39 is 0 Å². The van der Waals surface area contributed by atoms with Gasteiger partial charge in [0.15, 0.2) is 0 Å². The van der Waals surface area contributed by atoms with E-state index in [1.807, 2.05) is 6.08 Å². The molecule has 1 aromatic heterocycles. The highest BCUT2D eigenvalue weighted by Crippen LogP contribution is 2.24. The molecule has 0 saturated carbocycles. The molecule has 0 amide bonds. The van der Waals surface area contributed by atoms with Crippen LogP contribution in [0.2, 0.25) is 0 Å². The lowest BCUT2D eigenvalue weighted by Gasteiger charge is -2.01. The van der Waals surface area contributed by atoms with E-state index in [1.165, 1.54) is 41.4 Å². The van der Waals surface area contributed by atoms with E-state index in [0.29, 0.717) is 0 Å². The number of unbranched alkanes of at least 4 members (excludes halogenated alkanes) is 2. The van der Waals surface area contributed by atoms with E-state index in [2.05, 4.69) is 42.8 Å². The zero-order valence-corrected chi connectivity index (χ0v) is 10.6. The molecule has 2 aromatic rings. The highest BCUT2D eigenvalue weighted by Gasteiger charge is 2.08. The number of para-hydroxylation sites is 1. The predicted molar refractivity (Wildman–Crippen MR) is 75.4 cm³/mol. The molecule has 0 fully saturated rings. The summed E-state index contributed by atoms with van der Waals surface area (Å²) in [5.74, 6) is 0. The first-order valence-electron chi connectivity index (χ1n) is 6.56. The zero-order chi connectivity index (χ0) is 12.1. The van der Waals surface area contributed by atoms with E-state index in [9.17, 15) is 0 Å². The fourth-order valence-electron chi connectivity index (χ4n) is 2.40. The van der Waals surface area contributed by atoms with Crippen molar-refractivity contribution in [3.63, 3.8) is 0 Å². The molecule has 0 spiro atoms. The molecular formula is C16H21N. The number of hydrogen-bond acceptors (Lipinski definition) is 0. The predicted octanol–water partition coefficient (Wildman–Crippen LogP) is 4.63. The number of hydrogen-bond donors (Lipinski definition) is 1. The largest absolute Gasteiger partial charge is 0.358 e. The molecule has 0 aliphatic rings. The maximum Gasteiger partial charge on any atom is 0.0459 e. The van der Waals surface area contributed by atoms with Crippen molar-refractivity contribution in [3.8, 4) is 0 Å². The van der Waals surface area contributed by atoms with Gasteiger partial charge in [-0.3, -0.25) is 0 Å². The quantitative estimate of drug-likeness (QED) is 0.547. The van der Waals surface area contributed by atoms with Crippen LogP contribution in [-0.4, -0.2) is 4.98 Å². The smallest absolute Gasteiger partial charge is 0.0459 e. The SMILES string of the molecule is C=CCc1c(CCCCC)[nH]c2ccccc12. The molecule has 1 heteroatoms. The van der Waals surface area contributed by atoms with Crippen LogP contribution < -0.4 is 0 Å². The van der Waals surface area contributed by atoms with Gasteiger partial charge < -0.3 is 4.98 Å². The Labute approximate surface area is 104 Å². The minimum absolute atomic E-state index is 0.964. The summed E-state index contributed by atoms with van der Waals surface area (Å²) in [6.07, 6.45) is 7.98. The molecule has 0 saturated heterocycles. The van der Waals surface area contributed by atoms with Crippen LogP contribution in [0.4, 0.5) is 0 Å². The number of benzene rings is 1. The fraction of sp³-hybridized carbons (Fsp3) is 0.375. The number of aromatic amines is 1. The second-order valence-corrected chi connectivity index (χ2v) is 4.58. The average Bonchev–Trinajstić information content (AvgIpc) is 2.69. The molecule has 0 radical (unpaired) electrons. The summed E-state index contributed by atoms with van der Waals surface area (Å²) in [6.45, 7) is 6.11. The Bertz CT molecular complexity index is 493. The second kappa shape index (κ2) is 5.72. The minimum Gasteiger partial charge on any atom is -0.358 e. The van der Waals surface area contributed by atoms with Gasteiger partial charge in [0.2, 0.25) is 0 Å². The Morgan fingerprint density at radius 3 is 2.82 bits per heavy atom. The Hall–Kier alpha value is -1.50. The lowest BCUT2D eigenvalue weighted by atomic mass is 10.0. The lowest BCUT2D eigenvalue weighted by molar-refractivity contribution is 0.707. The summed E-state index contributed by atoms with van der Waals surface area (Å²) in [6, 6.07) is 8.56. The van der Waals surface area contributed by atoms with Crippen LogP contribution in [0.1, 0.15) is 37.4 Å². The van der Waals surface area contributed by atoms with Gasteiger partial charge in [-0.05, 0) is 30.9 Å². The summed E-state index contributed by atoms with van der Waals surface area (Å²) in [7, 11) is 0. The molecule has 1 N–H and O–H groups in total. The van der Waals surface area contributed by atoms with Crippen molar-refractivity contribution in [2.75, 3.05) is 0 Å². The maximum absolute atomic E-state index is 3.87. The van der Waals surface area contributed by atoms with Gasteiger partial charge in [0.05, 0.1) is 0 Å². The van der Waals surface area contributed by atoms with Gasteiger partial charge in [-0.15, -0.1) is 6.58 Å². The third-order valence-corrected chi connectivity index (χ3v) is 3.28. The molecule has 1 nitrogen and oxygen atoms in total. The zero-order valence-electron chi connectivity index (χ0n) is 10.6. The molecular weight excluding hydrogens is 206 g/mol. The highest BCUT2D eigenvalue weighted by atomic mass is 14.7. The van der Waals surface area contributed by atoms with Gasteiger partial charge in [0, 0.05) is 16.6 Å². The van der Waals surface area contributed by atoms with Crippen molar-refractivity contribution < 1.29 is 0 Å². The number of fused-ring (bicyclic) bond motifs is 1. The monoisotopic (exact) mass is 227 g/mol. The van der Waals surface area contributed by atoms with Crippen LogP contribution in [0.5, 0.6) is 0 Å². The van der Waals surface area contributed by atoms with Gasteiger partial charge in [0.25, 0.3) is 0 Å². The Morgan fingerprint density at radius 1 is 1.24 bits per heavy atom. The van der Waals surface area contributed by atoms with E-state index in [4.69, 9.17) is 0 Å². The number of aryl methyl sites for hydroxylation is 1. The molecule has 0 unspecified atom stereocenters. The van der Waals surface area contributed by atoms with Gasteiger partial charge in [-0.25, -0.2) is 0 Å². The Balaban J connectivity index is 2.32. The van der Waals surface area contributed by atoms with E-state index in [1.54, 1.807) is 0 Å². The summed E-state index contributed by atoms with van der Waals surface area (Å²) >= 11 is 0. The Kier molecular flexibility index (Phi) is 4.03. The summed E-state index contributed by atoms with van der Waals surface area (Å²) in [4.78, 5) is 3.56. The van der Waals surface area contributed by atoms with Crippen molar-refractivity contribution in [2.24, 2.45) is 0 Å². The van der Waals surface area contributed by atoms with Crippen LogP contribution in [0.15, 0.2) is 36.9 Å². The third kappa shape index (κ3) is 2.60. The van der Waals surface area contributed by atoms with Crippen molar-refractivity contribution in [2.45, 2.75) is 39.0 Å². The average molecular weight is 227 g/mol.